The molecule has 4 heterocycles. The van der Waals surface area contributed by atoms with Gasteiger partial charge in [-0.2, -0.15) is 0 Å². The molecule has 0 spiro atoms. The molecule has 0 saturated carbocycles. The smallest absolute Gasteiger partial charge is 1.00 e. The molecule has 0 atom stereocenters. The van der Waals surface area contributed by atoms with Crippen molar-refractivity contribution in [1.29, 1.82) is 1.34 Å². The van der Waals surface area contributed by atoms with E-state index in [9.17, 15) is 28.8 Å². The van der Waals surface area contributed by atoms with Crippen molar-refractivity contribution in [3.05, 3.63) is 162 Å². The predicted molar refractivity (Wildman–Crippen MR) is 383 cm³/mol. The van der Waals surface area contributed by atoms with Crippen LogP contribution >= 0.6 is 92.8 Å². The number of hydrogen-bond donors (Lipinski definition) is 5. The number of methoxy groups -OCH3 is 2. The molecule has 0 aliphatic carbocycles. The number of ether oxygens (including phenoxy) is 6. The summed E-state index contributed by atoms with van der Waals surface area (Å²) in [6.45, 7) is 9.42. The first kappa shape index (κ1) is 98.4. The fourth-order valence-electron chi connectivity index (χ4n) is 8.85. The summed E-state index contributed by atoms with van der Waals surface area (Å²) in [4.78, 5) is 88.6. The molecule has 538 valence electrons. The largest absolute Gasteiger partial charge is 1.00 e. The van der Waals surface area contributed by atoms with E-state index in [0.717, 1.165) is 41.3 Å². The molecule has 4 aliphatic heterocycles. The zero-order valence-corrected chi connectivity index (χ0v) is 78.0. The molecule has 101 heavy (non-hydrogen) atoms. The third kappa shape index (κ3) is 35.4. The van der Waals surface area contributed by atoms with Crippen LogP contribution in [0.25, 0.3) is 0 Å². The SMILES string of the molecule is C.CCOC(=O)Cl.CCOC(=O)Nc1ccc(Cl)cc1CO.COc1cc(N2CCN(C(=O)CCl)CC2)ccc1Cl.COc1cc(N2CCN(C(=O)CN3C(=O)OCc4cc(Cl)ccc43)CC2)ccc1Cl.Nc1ccc(Cl)cc1CO.O=C1Nc2ccc(Cl)cc2CO1.O=CO[O-].[2H][B].[Cs+].[Cs+].[H-].[U]. The van der Waals surface area contributed by atoms with Gasteiger partial charge < -0.3 is 75.5 Å². The molecule has 0 bridgehead atoms. The number of hydrogen-bond acceptors (Lipinski definition) is 20. The number of amides is 5. The molecule has 6 aromatic rings. The summed E-state index contributed by atoms with van der Waals surface area (Å²) in [7, 11) is 6.93. The first-order chi connectivity index (χ1) is 47.0. The maximum absolute atomic E-state index is 12.9. The monoisotopic (exact) mass is 2020 g/mol. The number of aliphatic hydroxyl groups excluding tert-OH is 2. The number of cyclic esters (lactones) is 2. The summed E-state index contributed by atoms with van der Waals surface area (Å²) in [6.07, 6.45) is -1.48. The Balaban J connectivity index is -0.00000120. The van der Waals surface area contributed by atoms with Crippen molar-refractivity contribution >= 4 is 177 Å². The van der Waals surface area contributed by atoms with E-state index in [4.69, 9.17) is 144 Å². The third-order valence-electron chi connectivity index (χ3n) is 13.6. The van der Waals surface area contributed by atoms with Gasteiger partial charge in [0.05, 0.1) is 62.1 Å². The van der Waals surface area contributed by atoms with Gasteiger partial charge in [0.2, 0.25) is 11.8 Å². The molecule has 2 saturated heterocycles. The summed E-state index contributed by atoms with van der Waals surface area (Å²) in [5, 5.41) is 34.7. The van der Waals surface area contributed by atoms with Gasteiger partial charge in [0.15, 0.2) is 0 Å². The van der Waals surface area contributed by atoms with Crippen molar-refractivity contribution < 1.29 is 253 Å². The zero-order valence-electron chi connectivity index (χ0n) is 57.2. The summed E-state index contributed by atoms with van der Waals surface area (Å²) in [5.41, 5.74) is 12.2. The number of anilines is 6. The molecule has 2 radical (unpaired) electrons. The fraction of sp³-hybridized carbons (Fsp3) is 0.328. The van der Waals surface area contributed by atoms with Gasteiger partial charge in [-0.05, 0) is 112 Å². The topological polar surface area (TPSA) is 314 Å². The van der Waals surface area contributed by atoms with Crippen molar-refractivity contribution in [1.82, 2.24) is 9.80 Å². The molecular formula is C64H75BCl8Cs2N8O17U. The van der Waals surface area contributed by atoms with Gasteiger partial charge in [-0.25, -0.2) is 19.2 Å². The van der Waals surface area contributed by atoms with Crippen LogP contribution in [0.4, 0.5) is 53.3 Å². The first-order valence-corrected chi connectivity index (χ1v) is 31.9. The van der Waals surface area contributed by atoms with Crippen LogP contribution in [0.5, 0.6) is 11.5 Å². The third-order valence-corrected chi connectivity index (χ3v) is 15.5. The number of benzene rings is 6. The Bertz CT molecular complexity index is 3600. The summed E-state index contributed by atoms with van der Waals surface area (Å²) < 4.78 is 34.6. The van der Waals surface area contributed by atoms with E-state index in [1.165, 1.54) is 4.90 Å². The number of alkyl halides is 1. The van der Waals surface area contributed by atoms with Crippen LogP contribution in [-0.2, 0) is 64.6 Å². The van der Waals surface area contributed by atoms with E-state index in [2.05, 4.69) is 38.4 Å². The predicted octanol–water partition coefficient (Wildman–Crippen LogP) is 6.19. The average Bonchev–Trinajstić information content (AvgIpc) is 0.806. The molecule has 0 unspecified atom stereocenters. The second-order valence-electron chi connectivity index (χ2n) is 19.6. The van der Waals surface area contributed by atoms with Crippen LogP contribution in [0, 0.1) is 31.1 Å². The number of rotatable bonds is 13. The Morgan fingerprint density at radius 3 is 1.58 bits per heavy atom. The van der Waals surface area contributed by atoms with Gasteiger partial charge in [0.1, 0.15) is 37.1 Å². The maximum atomic E-state index is 12.9. The van der Waals surface area contributed by atoms with Crippen molar-refractivity contribution in [3.8, 4) is 11.5 Å². The van der Waals surface area contributed by atoms with Crippen LogP contribution in [0.3, 0.4) is 0 Å². The standard InChI is InChI=1S/C21H21Cl2N3O4.C13H16Cl2N2O2.C10H12ClNO3.C8H6ClNO2.C7H8ClNO.C3H5ClO2.CH2O3.CH4.BH.2Cs.U.H/c1-29-19-11-16(3-4-17(19)23)24-6-8-25(9-7-24)20(27)12-26-18-5-2-15(22)10-14(18)13-30-21(26)28;1-19-12-8-10(2-3-11(12)15)16-4-6-17(7-5-16)13(18)9-14;1-2-15-10(14)12-9-4-3-8(11)5-7(9)6-13;9-6-1-2-7-5(3-6)4-12-8(11)10-7;8-6-1-2-7(9)5(3-6)4-10;1-2-6-3(4)5;2-1-4-3;;;;;;/h2-5,10-11H,6-9,12-13H2,1H3;2-3,8H,4-7,9H2,1H3;3-5,13H,2,6H2,1H3,(H,12,14);1-3H,4H2,(H,10,11);1-3,10H,4,9H2;2H2,1H3;1,3H;1H4;1H;;;;/q;;;;;;;;;2*+1;;-1/p-1/i;;;;;;;;1D;;;;. The van der Waals surface area contributed by atoms with E-state index in [-0.39, 0.29) is 228 Å². The Hall–Kier alpha value is -2.57. The quantitative estimate of drug-likeness (QED) is 0.0126. The Labute approximate surface area is 773 Å². The van der Waals surface area contributed by atoms with Crippen molar-refractivity contribution in [3.63, 3.8) is 0 Å². The fourth-order valence-corrected chi connectivity index (χ4v) is 10.3. The van der Waals surface area contributed by atoms with E-state index < -0.39 is 23.7 Å². The van der Waals surface area contributed by atoms with Gasteiger partial charge >= 0.3 is 161 Å². The molecular weight excluding hydrogens is 1950 g/mol. The minimum Gasteiger partial charge on any atom is -1.00 e. The van der Waals surface area contributed by atoms with E-state index in [0.29, 0.717) is 129 Å². The molecule has 0 aromatic heterocycles. The first-order valence-electron chi connectivity index (χ1n) is 29.3. The van der Waals surface area contributed by atoms with Gasteiger partial charge in [-0.3, -0.25) is 29.9 Å². The minimum absolute atomic E-state index is 0. The Morgan fingerprint density at radius 1 is 0.673 bits per heavy atom. The van der Waals surface area contributed by atoms with Crippen LogP contribution in [0.15, 0.2) is 109 Å². The van der Waals surface area contributed by atoms with E-state index in [1.807, 2.05) is 30.3 Å². The van der Waals surface area contributed by atoms with Crippen LogP contribution in [0.2, 0.25) is 30.1 Å². The van der Waals surface area contributed by atoms with E-state index in [1.54, 1.807) is 117 Å². The van der Waals surface area contributed by atoms with Crippen LogP contribution < -0.4 is 184 Å². The molecule has 6 aromatic carbocycles. The summed E-state index contributed by atoms with van der Waals surface area (Å²) >= 11 is 45.5. The van der Waals surface area contributed by atoms with Crippen molar-refractivity contribution in [2.75, 3.05) is 123 Å². The van der Waals surface area contributed by atoms with Gasteiger partial charge in [0, 0.05) is 181 Å². The van der Waals surface area contributed by atoms with E-state index >= 15 is 0 Å². The number of carbonyl (C=O) groups is 7. The second-order valence-corrected chi connectivity index (χ2v) is 22.7. The number of nitrogen functional groups attached to an aromatic ring is 1. The molecule has 25 nitrogen and oxygen atoms in total. The normalized spacial score (nSPS) is 12.6. The number of nitrogens with one attached hydrogen (secondary N) is 2. The number of fused-ring (bicyclic) bond motifs is 2. The van der Waals surface area contributed by atoms with Crippen molar-refractivity contribution in [2.45, 2.75) is 47.7 Å². The molecule has 6 N–H and O–H groups in total. The van der Waals surface area contributed by atoms with Gasteiger partial charge in [-0.15, -0.1) is 11.6 Å². The number of nitrogens with two attached hydrogens (primary N) is 1. The second kappa shape index (κ2) is 54.9. The molecule has 37 heteroatoms. The number of nitrogens with zero attached hydrogens (tertiary/aromatic N) is 5. The molecule has 10 rings (SSSR count). The van der Waals surface area contributed by atoms with Gasteiger partial charge in [0.25, 0.3) is 6.47 Å². The van der Waals surface area contributed by atoms with Crippen molar-refractivity contribution in [2.24, 2.45) is 0 Å². The Morgan fingerprint density at radius 2 is 1.13 bits per heavy atom. The van der Waals surface area contributed by atoms with Crippen LogP contribution in [0.1, 0.15) is 45.0 Å². The minimum atomic E-state index is -0.738. The number of aliphatic hydroxyl groups is 2. The average molecular weight is 2030 g/mol. The van der Waals surface area contributed by atoms with Gasteiger partial charge in [-0.1, -0.05) is 77.0 Å². The number of halogens is 8. The van der Waals surface area contributed by atoms with Crippen LogP contribution in [-0.4, -0.2) is 164 Å². The summed E-state index contributed by atoms with van der Waals surface area (Å²) in [6, 6.07) is 31.7. The maximum Gasteiger partial charge on any atom is 1.00 e. The number of piperazine rings is 2. The summed E-state index contributed by atoms with van der Waals surface area (Å²) in [5.74, 6) is 1.21. The molecule has 5 amide bonds. The molecule has 4 aliphatic rings. The number of carbonyl (C=O) groups excluding carboxylic acids is 7. The molecule has 2 fully saturated rings. The zero-order chi connectivity index (χ0) is 72.9. The Kier molecular flexibility index (Phi) is 53.5.